The number of amides is 2. The Bertz CT molecular complexity index is 753. The molecule has 1 unspecified atom stereocenters. The van der Waals surface area contributed by atoms with Crippen molar-refractivity contribution in [3.05, 3.63) is 29.6 Å². The van der Waals surface area contributed by atoms with Gasteiger partial charge in [0.05, 0.1) is 11.4 Å². The fourth-order valence-electron chi connectivity index (χ4n) is 1.72. The summed E-state index contributed by atoms with van der Waals surface area (Å²) in [5.41, 5.74) is 6.27. The number of halogens is 1. The van der Waals surface area contributed by atoms with Gasteiger partial charge in [-0.05, 0) is 31.5 Å². The average molecular weight is 369 g/mol. The van der Waals surface area contributed by atoms with Crippen LogP contribution in [0.5, 0.6) is 0 Å². The normalized spacial score (nSPS) is 11.8. The van der Waals surface area contributed by atoms with Gasteiger partial charge in [0.1, 0.15) is 11.9 Å². The van der Waals surface area contributed by atoms with Crippen LogP contribution in [0.3, 0.4) is 0 Å². The van der Waals surface area contributed by atoms with Crippen molar-refractivity contribution in [2.45, 2.75) is 24.2 Å². The third-order valence-corrected chi connectivity index (χ3v) is 4.79. The van der Waals surface area contributed by atoms with Crippen molar-refractivity contribution in [2.24, 2.45) is 0 Å². The number of nitrogen functional groups attached to an aromatic ring is 1. The predicted octanol–water partition coefficient (Wildman–Crippen LogP) is 1.80. The van der Waals surface area contributed by atoms with Gasteiger partial charge in [-0.25, -0.2) is 4.39 Å². The molecule has 0 radical (unpaired) electrons. The zero-order valence-electron chi connectivity index (χ0n) is 13.0. The van der Waals surface area contributed by atoms with E-state index >= 15 is 0 Å². The molecule has 128 valence electrons. The average Bonchev–Trinajstić information content (AvgIpc) is 2.93. The first-order valence-electron chi connectivity index (χ1n) is 6.93. The quantitative estimate of drug-likeness (QED) is 0.670. The standard InChI is InChI=1S/C14H16FN5O2S2/c1-7-3-4-10(9(15)5-7)18-12(22)8(2)17-11(21)6-23-14-20-19-13(16)24-14/h3-5,8H,6H2,1-2H3,(H2,16,19)(H,17,21)(H,18,22). The Hall–Kier alpha value is -2.20. The van der Waals surface area contributed by atoms with Crippen LogP contribution >= 0.6 is 23.1 Å². The van der Waals surface area contributed by atoms with E-state index in [9.17, 15) is 14.0 Å². The summed E-state index contributed by atoms with van der Waals surface area (Å²) in [7, 11) is 0. The van der Waals surface area contributed by atoms with Crippen LogP contribution in [0.25, 0.3) is 0 Å². The first-order chi connectivity index (χ1) is 11.3. The highest BCUT2D eigenvalue weighted by molar-refractivity contribution is 8.01. The number of benzene rings is 1. The number of nitrogens with zero attached hydrogens (tertiary/aromatic N) is 2. The van der Waals surface area contributed by atoms with Crippen LogP contribution in [0.15, 0.2) is 22.5 Å². The molecule has 4 N–H and O–H groups in total. The molecule has 0 aliphatic heterocycles. The van der Waals surface area contributed by atoms with Crippen LogP contribution in [0.4, 0.5) is 15.2 Å². The number of carbonyl (C=O) groups excluding carboxylic acids is 2. The Balaban J connectivity index is 1.83. The highest BCUT2D eigenvalue weighted by Gasteiger charge is 2.17. The fourth-order valence-corrected chi connectivity index (χ4v) is 3.16. The minimum Gasteiger partial charge on any atom is -0.374 e. The zero-order valence-corrected chi connectivity index (χ0v) is 14.6. The molecule has 2 amide bonds. The Morgan fingerprint density at radius 1 is 1.42 bits per heavy atom. The highest BCUT2D eigenvalue weighted by atomic mass is 32.2. The molecule has 0 saturated carbocycles. The third-order valence-electron chi connectivity index (χ3n) is 2.90. The number of anilines is 2. The number of hydrogen-bond donors (Lipinski definition) is 3. The van der Waals surface area contributed by atoms with Crippen molar-refractivity contribution in [3.8, 4) is 0 Å². The summed E-state index contributed by atoms with van der Waals surface area (Å²) in [6.07, 6.45) is 0. The Morgan fingerprint density at radius 3 is 2.79 bits per heavy atom. The van der Waals surface area contributed by atoms with E-state index in [0.717, 1.165) is 5.56 Å². The number of nitrogens with one attached hydrogen (secondary N) is 2. The van der Waals surface area contributed by atoms with Gasteiger partial charge in [0.25, 0.3) is 0 Å². The van der Waals surface area contributed by atoms with Crippen LogP contribution in [-0.2, 0) is 9.59 Å². The lowest BCUT2D eigenvalue weighted by Crippen LogP contribution is -2.42. The highest BCUT2D eigenvalue weighted by Crippen LogP contribution is 2.23. The van der Waals surface area contributed by atoms with Crippen molar-refractivity contribution in [2.75, 3.05) is 16.8 Å². The topological polar surface area (TPSA) is 110 Å². The van der Waals surface area contributed by atoms with Crippen LogP contribution < -0.4 is 16.4 Å². The van der Waals surface area contributed by atoms with Gasteiger partial charge in [-0.3, -0.25) is 9.59 Å². The van der Waals surface area contributed by atoms with E-state index in [-0.39, 0.29) is 17.3 Å². The van der Waals surface area contributed by atoms with Gasteiger partial charge in [0.15, 0.2) is 4.34 Å². The second-order valence-corrected chi connectivity index (χ2v) is 7.19. The molecule has 10 heteroatoms. The van der Waals surface area contributed by atoms with Crippen LogP contribution in [0.2, 0.25) is 0 Å². The van der Waals surface area contributed by atoms with E-state index in [1.165, 1.54) is 42.2 Å². The van der Waals surface area contributed by atoms with Gasteiger partial charge in [-0.1, -0.05) is 29.2 Å². The SMILES string of the molecule is Cc1ccc(NC(=O)C(C)NC(=O)CSc2nnc(N)s2)c(F)c1. The van der Waals surface area contributed by atoms with Crippen molar-refractivity contribution in [1.82, 2.24) is 15.5 Å². The lowest BCUT2D eigenvalue weighted by atomic mass is 10.2. The third kappa shape index (κ3) is 5.17. The van der Waals surface area contributed by atoms with E-state index in [0.29, 0.717) is 9.47 Å². The Morgan fingerprint density at radius 2 is 2.17 bits per heavy atom. The van der Waals surface area contributed by atoms with E-state index in [1.807, 2.05) is 0 Å². The van der Waals surface area contributed by atoms with Gasteiger partial charge in [0, 0.05) is 0 Å². The molecule has 0 fully saturated rings. The number of carbonyl (C=O) groups is 2. The van der Waals surface area contributed by atoms with E-state index in [4.69, 9.17) is 5.73 Å². The van der Waals surface area contributed by atoms with Crippen molar-refractivity contribution < 1.29 is 14.0 Å². The summed E-state index contributed by atoms with van der Waals surface area (Å²) in [5, 5.41) is 12.7. The maximum absolute atomic E-state index is 13.7. The summed E-state index contributed by atoms with van der Waals surface area (Å²) in [4.78, 5) is 23.9. The molecule has 0 spiro atoms. The number of aryl methyl sites for hydroxylation is 1. The first-order valence-corrected chi connectivity index (χ1v) is 8.73. The molecule has 0 aliphatic carbocycles. The molecule has 7 nitrogen and oxygen atoms in total. The smallest absolute Gasteiger partial charge is 0.246 e. The van der Waals surface area contributed by atoms with Crippen LogP contribution in [0.1, 0.15) is 12.5 Å². The fraction of sp³-hybridized carbons (Fsp3) is 0.286. The van der Waals surface area contributed by atoms with Gasteiger partial charge in [0.2, 0.25) is 16.9 Å². The molecule has 0 bridgehead atoms. The molecule has 2 rings (SSSR count). The second kappa shape index (κ2) is 8.06. The molecule has 24 heavy (non-hydrogen) atoms. The summed E-state index contributed by atoms with van der Waals surface area (Å²) in [6.45, 7) is 3.27. The number of nitrogens with two attached hydrogens (primary N) is 1. The van der Waals surface area contributed by atoms with Crippen molar-refractivity contribution in [1.29, 1.82) is 0 Å². The van der Waals surface area contributed by atoms with E-state index in [2.05, 4.69) is 20.8 Å². The first kappa shape index (κ1) is 18.1. The number of hydrogen-bond acceptors (Lipinski definition) is 7. The summed E-state index contributed by atoms with van der Waals surface area (Å²) in [5.74, 6) is -1.30. The van der Waals surface area contributed by atoms with Crippen LogP contribution in [-0.4, -0.2) is 33.8 Å². The lowest BCUT2D eigenvalue weighted by molar-refractivity contribution is -0.124. The van der Waals surface area contributed by atoms with Crippen molar-refractivity contribution >= 4 is 45.7 Å². The van der Waals surface area contributed by atoms with Gasteiger partial charge >= 0.3 is 0 Å². The molecule has 1 heterocycles. The molecular weight excluding hydrogens is 353 g/mol. The molecular formula is C14H16FN5O2S2. The number of rotatable bonds is 6. The van der Waals surface area contributed by atoms with Crippen molar-refractivity contribution in [3.63, 3.8) is 0 Å². The minimum absolute atomic E-state index is 0.0745. The summed E-state index contributed by atoms with van der Waals surface area (Å²) < 4.78 is 14.3. The molecule has 1 aromatic heterocycles. The second-order valence-electron chi connectivity index (χ2n) is 4.96. The van der Waals surface area contributed by atoms with Gasteiger partial charge in [-0.2, -0.15) is 0 Å². The van der Waals surface area contributed by atoms with Gasteiger partial charge in [-0.15, -0.1) is 10.2 Å². The predicted molar refractivity (Wildman–Crippen MR) is 92.4 cm³/mol. The van der Waals surface area contributed by atoms with Gasteiger partial charge < -0.3 is 16.4 Å². The maximum Gasteiger partial charge on any atom is 0.246 e. The lowest BCUT2D eigenvalue weighted by Gasteiger charge is -2.14. The summed E-state index contributed by atoms with van der Waals surface area (Å²) in [6, 6.07) is 3.68. The molecule has 1 atom stereocenters. The molecule has 1 aromatic carbocycles. The minimum atomic E-state index is -0.807. The largest absolute Gasteiger partial charge is 0.374 e. The van der Waals surface area contributed by atoms with E-state index < -0.39 is 17.8 Å². The summed E-state index contributed by atoms with van der Waals surface area (Å²) >= 11 is 2.35. The maximum atomic E-state index is 13.7. The zero-order chi connectivity index (χ0) is 17.7. The molecule has 2 aromatic rings. The Kier molecular flexibility index (Phi) is 6.10. The Labute approximate surface area is 146 Å². The number of aromatic nitrogens is 2. The van der Waals surface area contributed by atoms with E-state index in [1.54, 1.807) is 13.0 Å². The monoisotopic (exact) mass is 369 g/mol. The number of thioether (sulfide) groups is 1. The molecule has 0 aliphatic rings. The molecule has 0 saturated heterocycles. The van der Waals surface area contributed by atoms with Crippen LogP contribution in [0, 0.1) is 12.7 Å².